The molecule has 2 aromatic heterocycles. The standard InChI is InChI=1S/C35H26F2N3O5P.C21H13F2N3O2.C14H14ClOP.CH4/c1-42-23-13-17-27(18-14-23)46(41,28-19-15-24(43-2)16-20-28)32-30(36)22-21-29(31(32)37)33-38-34(44-25-9-5-3-6-10-25)40-35(39-33)45-26-11-7-4-8-12-26;22-14-11-12-17(18(23)13-14)19-24-20(27-15-7-3-1-4-8-15)26-21(25-19)28-16-9-5-2-6-10-16;1-11-3-7-13(8-4-11)17(15)14-9-5-12(16-2)6-10-14;/h3-22H,1-2H3;1-13H;3-10H,1-2H3;1H4. The van der Waals surface area contributed by atoms with Gasteiger partial charge < -0.3 is 37.7 Å². The molecule has 14 nitrogen and oxygen atoms in total. The summed E-state index contributed by atoms with van der Waals surface area (Å²) in [6, 6.07) is 68.7. The molecule has 1 atom stereocenters. The van der Waals surface area contributed by atoms with Crippen molar-refractivity contribution >= 4 is 52.2 Å². The summed E-state index contributed by atoms with van der Waals surface area (Å²) in [5.41, 5.74) is 1.01. The largest absolute Gasteiger partial charge is 0.497 e. The molecule has 2 heterocycles. The van der Waals surface area contributed by atoms with Gasteiger partial charge in [0.05, 0.1) is 45.0 Å². The second-order valence-corrected chi connectivity index (χ2v) is 24.6. The summed E-state index contributed by atoms with van der Waals surface area (Å²) in [6.07, 6.45) is 0. The lowest BCUT2D eigenvalue weighted by Gasteiger charge is -2.22. The van der Waals surface area contributed by atoms with Gasteiger partial charge in [0.25, 0.3) is 0 Å². The minimum Gasteiger partial charge on any atom is -0.497 e. The summed E-state index contributed by atoms with van der Waals surface area (Å²) in [5, 5.41) is 2.05. The molecule has 21 heteroatoms. The maximum Gasteiger partial charge on any atom is 0.328 e. The van der Waals surface area contributed by atoms with Gasteiger partial charge in [-0.05, 0) is 163 Å². The van der Waals surface area contributed by atoms with E-state index >= 15 is 13.3 Å². The van der Waals surface area contributed by atoms with Crippen LogP contribution in [0, 0.1) is 30.2 Å². The van der Waals surface area contributed by atoms with Crippen LogP contribution in [0.2, 0.25) is 0 Å². The first-order valence-electron chi connectivity index (χ1n) is 27.7. The lowest BCUT2D eigenvalue weighted by atomic mass is 10.2. The minimum atomic E-state index is -4.19. The van der Waals surface area contributed by atoms with Gasteiger partial charge in [0.1, 0.15) is 63.5 Å². The molecule has 0 radical (unpaired) electrons. The molecule has 0 bridgehead atoms. The fraction of sp³-hybridized carbons (Fsp3) is 0.0704. The Morgan fingerprint density at radius 2 is 0.717 bits per heavy atom. The number of nitrogens with zero attached hydrogens (tertiary/aromatic N) is 6. The molecule has 92 heavy (non-hydrogen) atoms. The van der Waals surface area contributed by atoms with Crippen molar-refractivity contribution in [3.63, 3.8) is 0 Å². The first-order valence-corrected chi connectivity index (χ1v) is 31.7. The third-order valence-corrected chi connectivity index (χ3v) is 19.0. The van der Waals surface area contributed by atoms with Gasteiger partial charge in [-0.3, -0.25) is 0 Å². The Kier molecular flexibility index (Phi) is 22.4. The van der Waals surface area contributed by atoms with Gasteiger partial charge in [-0.15, -0.1) is 9.97 Å². The Labute approximate surface area is 535 Å². The third kappa shape index (κ3) is 16.7. The van der Waals surface area contributed by atoms with Crippen molar-refractivity contribution in [3.8, 4) is 87.1 Å². The number of aromatic nitrogens is 6. The summed E-state index contributed by atoms with van der Waals surface area (Å²) >= 11 is 6.50. The van der Waals surface area contributed by atoms with Crippen molar-refractivity contribution in [2.24, 2.45) is 0 Å². The van der Waals surface area contributed by atoms with Crippen molar-refractivity contribution in [2.75, 3.05) is 21.3 Å². The van der Waals surface area contributed by atoms with E-state index in [0.717, 1.165) is 29.3 Å². The van der Waals surface area contributed by atoms with Crippen molar-refractivity contribution in [1.29, 1.82) is 0 Å². The molecule has 0 saturated heterocycles. The van der Waals surface area contributed by atoms with Crippen LogP contribution in [0.25, 0.3) is 22.8 Å². The van der Waals surface area contributed by atoms with E-state index in [1.165, 1.54) is 61.5 Å². The van der Waals surface area contributed by atoms with Gasteiger partial charge in [-0.2, -0.15) is 19.9 Å². The smallest absolute Gasteiger partial charge is 0.328 e. The number of halogens is 5. The summed E-state index contributed by atoms with van der Waals surface area (Å²) in [4.78, 5) is 25.3. The Bertz CT molecular complexity index is 4240. The molecule has 0 aliphatic rings. The molecule has 464 valence electrons. The second-order valence-electron chi connectivity index (χ2n) is 19.3. The Hall–Kier alpha value is -10.5. The SMILES string of the molecule is C.COc1ccc(P(=O)(c2ccc(OC)cc2)c2c(F)ccc(-c3nc(Oc4ccccc4)nc(Oc4ccccc4)n3)c2F)cc1.COc1ccc(P(Cl)c2ccc(C)cc2)cc1.Fc1ccc(-c2nc(Oc3ccccc3)nc(Oc3ccccc3)n2)c(F)c1. The van der Waals surface area contributed by atoms with Crippen molar-refractivity contribution < 1.29 is 55.3 Å². The monoisotopic (exact) mass is 1290 g/mol. The highest BCUT2D eigenvalue weighted by Gasteiger charge is 2.37. The van der Waals surface area contributed by atoms with Crippen molar-refractivity contribution in [2.45, 2.75) is 14.4 Å². The highest BCUT2D eigenvalue weighted by atomic mass is 35.7. The first-order chi connectivity index (χ1) is 44.3. The molecule has 0 spiro atoms. The summed E-state index contributed by atoms with van der Waals surface area (Å²) < 4.78 is 114. The molecule has 12 rings (SSSR count). The molecular weight excluding hydrogens is 1240 g/mol. The summed E-state index contributed by atoms with van der Waals surface area (Å²) in [7, 11) is -0.332. The van der Waals surface area contributed by atoms with E-state index < -0.39 is 43.0 Å². The Morgan fingerprint density at radius 1 is 0.380 bits per heavy atom. The molecule has 1 unspecified atom stereocenters. The summed E-state index contributed by atoms with van der Waals surface area (Å²) in [5.74, 6) is -0.242. The Morgan fingerprint density at radius 3 is 1.08 bits per heavy atom. The molecule has 0 saturated carbocycles. The number of rotatable bonds is 18. The molecule has 10 aromatic carbocycles. The predicted octanol–water partition coefficient (Wildman–Crippen LogP) is 16.7. The quantitative estimate of drug-likeness (QED) is 0.0590. The number of para-hydroxylation sites is 4. The zero-order valence-corrected chi connectivity index (χ0v) is 51.4. The average molecular weight is 1300 g/mol. The molecular formula is C71H57ClF4N6O8P2. The third-order valence-electron chi connectivity index (χ3n) is 13.2. The zero-order valence-electron chi connectivity index (χ0n) is 48.9. The fourth-order valence-electron chi connectivity index (χ4n) is 8.68. The van der Waals surface area contributed by atoms with Gasteiger partial charge in [-0.25, -0.2) is 17.6 Å². The van der Waals surface area contributed by atoms with Crippen molar-refractivity contribution in [1.82, 2.24) is 29.9 Å². The van der Waals surface area contributed by atoms with Crippen LogP contribution in [0.5, 0.6) is 64.3 Å². The zero-order chi connectivity index (χ0) is 63.7. The molecule has 0 fully saturated rings. The lowest BCUT2D eigenvalue weighted by Crippen LogP contribution is -2.30. The lowest BCUT2D eigenvalue weighted by molar-refractivity contribution is 0.397. The fourth-order valence-corrected chi connectivity index (χ4v) is 13.2. The van der Waals surface area contributed by atoms with E-state index in [1.54, 1.807) is 128 Å². The van der Waals surface area contributed by atoms with E-state index in [2.05, 4.69) is 61.1 Å². The van der Waals surface area contributed by atoms with Crippen LogP contribution in [0.4, 0.5) is 17.6 Å². The molecule has 0 aliphatic heterocycles. The first kappa shape index (κ1) is 65.9. The molecule has 0 aliphatic carbocycles. The van der Waals surface area contributed by atoms with Gasteiger partial charge >= 0.3 is 24.0 Å². The number of aryl methyl sites for hydroxylation is 1. The second kappa shape index (κ2) is 31.3. The van der Waals surface area contributed by atoms with E-state index in [0.29, 0.717) is 34.5 Å². The van der Waals surface area contributed by atoms with Crippen LogP contribution in [0.3, 0.4) is 0 Å². The van der Waals surface area contributed by atoms with Gasteiger partial charge in [0, 0.05) is 16.7 Å². The number of hydrogen-bond donors (Lipinski definition) is 0. The Balaban J connectivity index is 0.000000183. The van der Waals surface area contributed by atoms with Crippen LogP contribution in [0.15, 0.2) is 249 Å². The van der Waals surface area contributed by atoms with E-state index in [9.17, 15) is 8.78 Å². The van der Waals surface area contributed by atoms with E-state index in [1.807, 2.05) is 48.5 Å². The normalized spacial score (nSPS) is 11.0. The maximum atomic E-state index is 16.9. The molecule has 0 N–H and O–H groups in total. The van der Waals surface area contributed by atoms with Crippen molar-refractivity contribution in [3.05, 3.63) is 278 Å². The molecule has 0 amide bonds. The summed E-state index contributed by atoms with van der Waals surface area (Å²) in [6.45, 7) is 2.08. The number of methoxy groups -OCH3 is 3. The highest BCUT2D eigenvalue weighted by molar-refractivity contribution is 7.95. The van der Waals surface area contributed by atoms with Gasteiger partial charge in [0.2, 0.25) is 0 Å². The number of benzene rings is 10. The minimum absolute atomic E-state index is 0. The average Bonchev–Trinajstić information content (AvgIpc) is 0.742. The van der Waals surface area contributed by atoms with Crippen LogP contribution < -0.4 is 59.7 Å². The maximum absolute atomic E-state index is 16.9. The van der Waals surface area contributed by atoms with Gasteiger partial charge in [0.15, 0.2) is 18.8 Å². The van der Waals surface area contributed by atoms with E-state index in [4.69, 9.17) is 44.4 Å². The highest BCUT2D eigenvalue weighted by Crippen LogP contribution is 2.46. The topological polar surface area (TPSA) is 159 Å². The number of ether oxygens (including phenoxy) is 7. The number of hydrogen-bond acceptors (Lipinski definition) is 14. The van der Waals surface area contributed by atoms with Gasteiger partial charge in [-0.1, -0.05) is 121 Å². The predicted molar refractivity (Wildman–Crippen MR) is 352 cm³/mol. The van der Waals surface area contributed by atoms with Crippen LogP contribution in [0.1, 0.15) is 13.0 Å². The molecule has 12 aromatic rings. The van der Waals surface area contributed by atoms with E-state index in [-0.39, 0.29) is 64.9 Å². The van der Waals surface area contributed by atoms with Crippen LogP contribution in [-0.4, -0.2) is 51.2 Å². The van der Waals surface area contributed by atoms with Crippen LogP contribution in [-0.2, 0) is 4.57 Å². The van der Waals surface area contributed by atoms with Crippen LogP contribution >= 0.6 is 25.7 Å².